The van der Waals surface area contributed by atoms with Crippen LogP contribution in [-0.4, -0.2) is 46.9 Å². The summed E-state index contributed by atoms with van der Waals surface area (Å²) in [6, 6.07) is 14.8. The van der Waals surface area contributed by atoms with E-state index in [1.54, 1.807) is 19.1 Å². The van der Waals surface area contributed by atoms with Gasteiger partial charge >= 0.3 is 16.3 Å². The number of nitrogens with zero attached hydrogens (tertiary/aromatic N) is 4. The lowest BCUT2D eigenvalue weighted by Crippen LogP contribution is -2.39. The quantitative estimate of drug-likeness (QED) is 0.282. The molecule has 226 valence electrons. The van der Waals surface area contributed by atoms with Crippen molar-refractivity contribution >= 4 is 27.3 Å². The Hall–Kier alpha value is -3.96. The van der Waals surface area contributed by atoms with Crippen LogP contribution in [-0.2, 0) is 32.9 Å². The largest absolute Gasteiger partial charge is 0.494 e. The monoisotopic (exact) mass is 604 g/mol. The Labute approximate surface area is 251 Å². The van der Waals surface area contributed by atoms with Gasteiger partial charge in [-0.25, -0.2) is 4.68 Å². The van der Waals surface area contributed by atoms with Crippen molar-refractivity contribution in [2.45, 2.75) is 72.0 Å². The minimum absolute atomic E-state index is 0.131. The number of hydrogen-bond acceptors (Lipinski definition) is 8. The Balaban J connectivity index is 1.50. The fraction of sp³-hybridized carbons (Fsp3) is 0.406. The summed E-state index contributed by atoms with van der Waals surface area (Å²) >= 11 is 0. The molecular formula is C32H36N4O6S. The van der Waals surface area contributed by atoms with Crippen molar-refractivity contribution in [2.24, 2.45) is 0 Å². The standard InChI is InChI=1S/C32H36N4O6S/c1-5-40-31(37)18-28-23-9-8-20(2)27(17-23)22(4)36-19-24-16-25(10-13-30(24)42-43(36,38)39)41-15-7-6-14-35-29-12-11-26(28)21(3)32(29)33-34-35/h8-13,16-17,22,28H,5-7,14-15,18-19H2,1-4H3/t22-,28?/m1/s1. The number of aryl methyl sites for hydroxylation is 3. The fourth-order valence-corrected chi connectivity index (χ4v) is 7.43. The van der Waals surface area contributed by atoms with Crippen molar-refractivity contribution in [3.63, 3.8) is 0 Å². The lowest BCUT2D eigenvalue weighted by Gasteiger charge is -2.33. The molecule has 0 saturated carbocycles. The van der Waals surface area contributed by atoms with E-state index in [0.29, 0.717) is 24.7 Å². The maximum Gasteiger partial charge on any atom is 0.386 e. The van der Waals surface area contributed by atoms with Crippen molar-refractivity contribution < 1.29 is 26.9 Å². The van der Waals surface area contributed by atoms with Gasteiger partial charge in [-0.05, 0) is 92.6 Å². The maximum absolute atomic E-state index is 13.4. The molecule has 0 fully saturated rings. The second-order valence-electron chi connectivity index (χ2n) is 11.2. The van der Waals surface area contributed by atoms with Crippen LogP contribution in [0.1, 0.15) is 78.5 Å². The van der Waals surface area contributed by atoms with Gasteiger partial charge in [-0.2, -0.15) is 12.7 Å². The van der Waals surface area contributed by atoms with Crippen molar-refractivity contribution in [3.05, 3.63) is 81.9 Å². The Morgan fingerprint density at radius 2 is 1.91 bits per heavy atom. The first-order valence-electron chi connectivity index (χ1n) is 14.7. The predicted octanol–water partition coefficient (Wildman–Crippen LogP) is 5.51. The van der Waals surface area contributed by atoms with E-state index in [0.717, 1.165) is 57.3 Å². The van der Waals surface area contributed by atoms with Gasteiger partial charge in [-0.3, -0.25) is 4.79 Å². The van der Waals surface area contributed by atoms with E-state index in [1.165, 1.54) is 4.31 Å². The molecule has 3 aliphatic heterocycles. The van der Waals surface area contributed by atoms with E-state index in [9.17, 15) is 13.2 Å². The van der Waals surface area contributed by atoms with Crippen LogP contribution in [0.15, 0.2) is 48.5 Å². The number of esters is 1. The molecule has 0 aliphatic carbocycles. The highest BCUT2D eigenvalue weighted by Gasteiger charge is 2.37. The smallest absolute Gasteiger partial charge is 0.386 e. The van der Waals surface area contributed by atoms with Crippen LogP contribution in [0.5, 0.6) is 11.5 Å². The third-order valence-corrected chi connectivity index (χ3v) is 9.90. The highest BCUT2D eigenvalue weighted by molar-refractivity contribution is 7.84. The van der Waals surface area contributed by atoms with Crippen molar-refractivity contribution in [1.82, 2.24) is 19.3 Å². The minimum Gasteiger partial charge on any atom is -0.494 e. The van der Waals surface area contributed by atoms with E-state index in [2.05, 4.69) is 10.3 Å². The molecule has 11 heteroatoms. The van der Waals surface area contributed by atoms with Gasteiger partial charge < -0.3 is 13.7 Å². The molecule has 9 bridgehead atoms. The second kappa shape index (κ2) is 11.6. The maximum atomic E-state index is 13.4. The third-order valence-electron chi connectivity index (χ3n) is 8.50. The average Bonchev–Trinajstić information content (AvgIpc) is 3.39. The van der Waals surface area contributed by atoms with E-state index < -0.39 is 16.3 Å². The number of aromatic nitrogens is 3. The van der Waals surface area contributed by atoms with Crippen molar-refractivity contribution in [3.8, 4) is 11.5 Å². The summed E-state index contributed by atoms with van der Waals surface area (Å²) in [6.07, 6.45) is 1.78. The van der Waals surface area contributed by atoms with Gasteiger partial charge in [0.05, 0.1) is 31.2 Å². The predicted molar refractivity (Wildman–Crippen MR) is 161 cm³/mol. The second-order valence-corrected chi connectivity index (χ2v) is 12.7. The number of benzene rings is 3. The van der Waals surface area contributed by atoms with Crippen molar-refractivity contribution in [1.29, 1.82) is 0 Å². The summed E-state index contributed by atoms with van der Waals surface area (Å²) in [5.41, 5.74) is 7.01. The van der Waals surface area contributed by atoms with Gasteiger partial charge in [-0.15, -0.1) is 5.10 Å². The van der Waals surface area contributed by atoms with Gasteiger partial charge in [0.25, 0.3) is 0 Å². The number of ether oxygens (including phenoxy) is 2. The molecule has 0 saturated heterocycles. The minimum atomic E-state index is -4.06. The summed E-state index contributed by atoms with van der Waals surface area (Å²) in [6.45, 7) is 9.26. The summed E-state index contributed by atoms with van der Waals surface area (Å²) in [5, 5.41) is 8.96. The Morgan fingerprint density at radius 1 is 1.07 bits per heavy atom. The fourth-order valence-electron chi connectivity index (χ4n) is 6.14. The topological polar surface area (TPSA) is 113 Å². The zero-order valence-electron chi connectivity index (χ0n) is 24.9. The molecule has 0 amide bonds. The first kappa shape index (κ1) is 29.1. The summed E-state index contributed by atoms with van der Waals surface area (Å²) < 4.78 is 47.0. The first-order valence-corrected chi connectivity index (χ1v) is 16.1. The van der Waals surface area contributed by atoms with Gasteiger partial charge in [0.15, 0.2) is 0 Å². The molecule has 4 heterocycles. The van der Waals surface area contributed by atoms with E-state index in [-0.39, 0.29) is 31.5 Å². The number of carbonyl (C=O) groups excluding carboxylic acids is 1. The molecule has 0 radical (unpaired) electrons. The van der Waals surface area contributed by atoms with Crippen LogP contribution in [0, 0.1) is 13.8 Å². The normalized spacial score (nSPS) is 21.3. The van der Waals surface area contributed by atoms with Crippen LogP contribution in [0.2, 0.25) is 0 Å². The summed E-state index contributed by atoms with van der Waals surface area (Å²) in [7, 11) is -4.06. The van der Waals surface area contributed by atoms with Crippen LogP contribution < -0.4 is 8.92 Å². The molecule has 4 aromatic rings. The molecule has 0 spiro atoms. The number of hydrogen-bond donors (Lipinski definition) is 0. The SMILES string of the molecule is CCOC(=O)CC1c2ccc(C)c(c2)[C@@H](C)N2Cc3cc(ccc3OS2(=O)=O)OCCCCn2nnc3c(C)c1ccc32. The van der Waals surface area contributed by atoms with Gasteiger partial charge in [-0.1, -0.05) is 29.5 Å². The zero-order chi connectivity index (χ0) is 30.3. The highest BCUT2D eigenvalue weighted by Crippen LogP contribution is 2.40. The molecule has 3 atom stereocenters. The Morgan fingerprint density at radius 3 is 2.72 bits per heavy atom. The Kier molecular flexibility index (Phi) is 7.87. The molecule has 43 heavy (non-hydrogen) atoms. The van der Waals surface area contributed by atoms with Crippen LogP contribution in [0.3, 0.4) is 0 Å². The molecule has 0 N–H and O–H groups in total. The lowest BCUT2D eigenvalue weighted by atomic mass is 9.83. The molecule has 10 nitrogen and oxygen atoms in total. The number of rotatable bonds is 3. The van der Waals surface area contributed by atoms with E-state index >= 15 is 0 Å². The van der Waals surface area contributed by atoms with Crippen LogP contribution in [0.4, 0.5) is 0 Å². The number of fused-ring (bicyclic) bond motifs is 5. The van der Waals surface area contributed by atoms with Gasteiger partial charge in [0.2, 0.25) is 0 Å². The van der Waals surface area contributed by atoms with E-state index in [4.69, 9.17) is 13.7 Å². The number of carbonyl (C=O) groups is 1. The zero-order valence-corrected chi connectivity index (χ0v) is 25.7. The Bertz CT molecular complexity index is 1800. The molecule has 1 aromatic heterocycles. The molecular weight excluding hydrogens is 568 g/mol. The molecule has 3 aromatic carbocycles. The van der Waals surface area contributed by atoms with E-state index in [1.807, 2.05) is 61.9 Å². The summed E-state index contributed by atoms with van der Waals surface area (Å²) in [4.78, 5) is 12.9. The third kappa shape index (κ3) is 5.59. The van der Waals surface area contributed by atoms with Crippen molar-refractivity contribution in [2.75, 3.05) is 13.2 Å². The van der Waals surface area contributed by atoms with Gasteiger partial charge in [0, 0.05) is 24.6 Å². The molecule has 7 rings (SSSR count). The summed E-state index contributed by atoms with van der Waals surface area (Å²) in [5.74, 6) is 0.340. The molecule has 2 unspecified atom stereocenters. The first-order chi connectivity index (χ1) is 20.7. The lowest BCUT2D eigenvalue weighted by molar-refractivity contribution is -0.143. The van der Waals surface area contributed by atoms with Crippen LogP contribution in [0.25, 0.3) is 11.0 Å². The van der Waals surface area contributed by atoms with Crippen LogP contribution >= 0.6 is 0 Å². The average molecular weight is 605 g/mol. The highest BCUT2D eigenvalue weighted by atomic mass is 32.2. The molecule has 3 aliphatic rings. The van der Waals surface area contributed by atoms with Gasteiger partial charge in [0.1, 0.15) is 17.0 Å².